The maximum atomic E-state index is 11.6. The van der Waals surface area contributed by atoms with Crippen LogP contribution in [0.5, 0.6) is 0 Å². The summed E-state index contributed by atoms with van der Waals surface area (Å²) in [5.41, 5.74) is 10.8. The van der Waals surface area contributed by atoms with Crippen molar-refractivity contribution in [1.29, 1.82) is 0 Å². The monoisotopic (exact) mass is 291 g/mol. The summed E-state index contributed by atoms with van der Waals surface area (Å²) in [6.45, 7) is 9.59. The van der Waals surface area contributed by atoms with Crippen molar-refractivity contribution in [2.45, 2.75) is 51.7 Å². The van der Waals surface area contributed by atoms with E-state index in [1.54, 1.807) is 6.08 Å². The number of amidine groups is 1. The third kappa shape index (κ3) is 11.7. The van der Waals surface area contributed by atoms with Crippen molar-refractivity contribution in [2.24, 2.45) is 16.5 Å². The molecule has 0 aromatic rings. The summed E-state index contributed by atoms with van der Waals surface area (Å²) < 4.78 is 5.18. The highest BCUT2D eigenvalue weighted by molar-refractivity contribution is 5.85. The van der Waals surface area contributed by atoms with Crippen LogP contribution in [0.1, 0.15) is 40.0 Å². The van der Waals surface area contributed by atoms with Crippen LogP contribution in [0.4, 0.5) is 0 Å². The lowest BCUT2D eigenvalue weighted by atomic mass is 10.1. The van der Waals surface area contributed by atoms with Gasteiger partial charge in [0.1, 0.15) is 11.6 Å². The molecular formula is C13H26ClN3O2. The van der Waals surface area contributed by atoms with Crippen molar-refractivity contribution in [3.05, 3.63) is 12.7 Å². The van der Waals surface area contributed by atoms with E-state index in [1.807, 2.05) is 20.8 Å². The van der Waals surface area contributed by atoms with Crippen molar-refractivity contribution in [3.8, 4) is 0 Å². The molecule has 0 aromatic carbocycles. The molecule has 0 radical (unpaired) electrons. The molecule has 6 heteroatoms. The van der Waals surface area contributed by atoms with Crippen LogP contribution < -0.4 is 11.5 Å². The minimum Gasteiger partial charge on any atom is -0.459 e. The van der Waals surface area contributed by atoms with E-state index in [9.17, 15) is 4.79 Å². The van der Waals surface area contributed by atoms with Gasteiger partial charge in [0.05, 0.1) is 5.84 Å². The highest BCUT2D eigenvalue weighted by Gasteiger charge is 2.21. The Hall–Kier alpha value is -1.07. The molecule has 0 aliphatic rings. The van der Waals surface area contributed by atoms with Crippen LogP contribution in [-0.4, -0.2) is 30.0 Å². The van der Waals surface area contributed by atoms with Gasteiger partial charge in [-0.05, 0) is 33.6 Å². The minimum atomic E-state index is -0.597. The fraction of sp³-hybridized carbons (Fsp3) is 0.692. The summed E-state index contributed by atoms with van der Waals surface area (Å²) in [5, 5.41) is 0. The van der Waals surface area contributed by atoms with E-state index in [-0.39, 0.29) is 18.4 Å². The van der Waals surface area contributed by atoms with E-state index < -0.39 is 11.6 Å². The first-order valence-electron chi connectivity index (χ1n) is 6.14. The van der Waals surface area contributed by atoms with Crippen LogP contribution in [0.3, 0.4) is 0 Å². The standard InChI is InChI=1S/C13H25N3O2.ClH/c1-5-7-11(15)16-9-6-8-10(14)12(17)18-13(2,3)4;/h5,10H,1,6-9,14H2,2-4H3,(H2,15,16);1H. The summed E-state index contributed by atoms with van der Waals surface area (Å²) in [6, 6.07) is -0.597. The Labute approximate surface area is 121 Å². The summed E-state index contributed by atoms with van der Waals surface area (Å²) in [6.07, 6.45) is 3.53. The van der Waals surface area contributed by atoms with Crippen LogP contribution in [0.2, 0.25) is 0 Å². The number of ether oxygens (including phenoxy) is 1. The lowest BCUT2D eigenvalue weighted by molar-refractivity contribution is -0.156. The zero-order chi connectivity index (χ0) is 14.2. The Balaban J connectivity index is 0. The topological polar surface area (TPSA) is 90.7 Å². The lowest BCUT2D eigenvalue weighted by Crippen LogP contribution is -2.37. The van der Waals surface area contributed by atoms with E-state index >= 15 is 0 Å². The predicted molar refractivity (Wildman–Crippen MR) is 81.6 cm³/mol. The molecule has 0 aliphatic carbocycles. The van der Waals surface area contributed by atoms with E-state index in [1.165, 1.54) is 0 Å². The largest absolute Gasteiger partial charge is 0.459 e. The zero-order valence-electron chi connectivity index (χ0n) is 12.0. The van der Waals surface area contributed by atoms with Crippen molar-refractivity contribution < 1.29 is 9.53 Å². The molecule has 112 valence electrons. The average Bonchev–Trinajstić information content (AvgIpc) is 2.22. The molecule has 0 fully saturated rings. The van der Waals surface area contributed by atoms with E-state index in [0.717, 1.165) is 0 Å². The SMILES string of the molecule is C=CCC(N)=NCCCC(N)C(=O)OC(C)(C)C.Cl. The Bertz CT molecular complexity index is 312. The maximum absolute atomic E-state index is 11.6. The van der Waals surface area contributed by atoms with Gasteiger partial charge in [-0.3, -0.25) is 9.79 Å². The molecule has 19 heavy (non-hydrogen) atoms. The second kappa shape index (κ2) is 9.81. The molecule has 0 rings (SSSR count). The normalized spacial score (nSPS) is 13.4. The number of halogens is 1. The molecule has 1 unspecified atom stereocenters. The lowest BCUT2D eigenvalue weighted by Gasteiger charge is -2.22. The first-order valence-corrected chi connectivity index (χ1v) is 6.14. The Morgan fingerprint density at radius 3 is 2.53 bits per heavy atom. The van der Waals surface area contributed by atoms with E-state index in [2.05, 4.69) is 11.6 Å². The summed E-state index contributed by atoms with van der Waals surface area (Å²) in [4.78, 5) is 15.7. The number of hydrogen-bond acceptors (Lipinski definition) is 4. The Morgan fingerprint density at radius 1 is 1.47 bits per heavy atom. The average molecular weight is 292 g/mol. The van der Waals surface area contributed by atoms with Gasteiger partial charge in [0.25, 0.3) is 0 Å². The molecule has 0 saturated carbocycles. The van der Waals surface area contributed by atoms with Crippen LogP contribution in [0.25, 0.3) is 0 Å². The molecule has 0 heterocycles. The molecule has 0 bridgehead atoms. The van der Waals surface area contributed by atoms with Crippen LogP contribution in [0, 0.1) is 0 Å². The quantitative estimate of drug-likeness (QED) is 0.246. The molecular weight excluding hydrogens is 266 g/mol. The third-order valence-corrected chi connectivity index (χ3v) is 2.05. The molecule has 5 nitrogen and oxygen atoms in total. The minimum absolute atomic E-state index is 0. The molecule has 0 saturated heterocycles. The number of aliphatic imine (C=N–C) groups is 1. The van der Waals surface area contributed by atoms with E-state index in [0.29, 0.717) is 31.6 Å². The van der Waals surface area contributed by atoms with Gasteiger partial charge in [-0.1, -0.05) is 6.08 Å². The molecule has 4 N–H and O–H groups in total. The number of nitrogens with two attached hydrogens (primary N) is 2. The highest BCUT2D eigenvalue weighted by Crippen LogP contribution is 2.09. The van der Waals surface area contributed by atoms with Crippen LogP contribution >= 0.6 is 12.4 Å². The number of esters is 1. The Kier molecular flexibility index (Phi) is 10.5. The molecule has 1 atom stereocenters. The van der Waals surface area contributed by atoms with Crippen molar-refractivity contribution in [3.63, 3.8) is 0 Å². The highest BCUT2D eigenvalue weighted by atomic mass is 35.5. The number of nitrogens with zero attached hydrogens (tertiary/aromatic N) is 1. The van der Waals surface area contributed by atoms with Crippen LogP contribution in [-0.2, 0) is 9.53 Å². The first-order chi connectivity index (χ1) is 8.26. The second-order valence-corrected chi connectivity index (χ2v) is 5.15. The van der Waals surface area contributed by atoms with Gasteiger partial charge in [-0.2, -0.15) is 0 Å². The fourth-order valence-corrected chi connectivity index (χ4v) is 1.24. The van der Waals surface area contributed by atoms with Crippen molar-refractivity contribution in [1.82, 2.24) is 0 Å². The number of carbonyl (C=O) groups excluding carboxylic acids is 1. The Morgan fingerprint density at radius 2 is 2.05 bits per heavy atom. The van der Waals surface area contributed by atoms with Crippen molar-refractivity contribution >= 4 is 24.2 Å². The van der Waals surface area contributed by atoms with Gasteiger partial charge in [0.15, 0.2) is 0 Å². The predicted octanol–water partition coefficient (Wildman–Crippen LogP) is 1.79. The molecule has 0 spiro atoms. The van der Waals surface area contributed by atoms with Gasteiger partial charge in [-0.25, -0.2) is 0 Å². The van der Waals surface area contributed by atoms with Gasteiger partial charge in [-0.15, -0.1) is 19.0 Å². The first kappa shape index (κ1) is 20.3. The maximum Gasteiger partial charge on any atom is 0.323 e. The van der Waals surface area contributed by atoms with Crippen LogP contribution in [0.15, 0.2) is 17.6 Å². The fourth-order valence-electron chi connectivity index (χ4n) is 1.24. The van der Waals surface area contributed by atoms with Gasteiger partial charge in [0.2, 0.25) is 0 Å². The summed E-state index contributed by atoms with van der Waals surface area (Å²) >= 11 is 0. The van der Waals surface area contributed by atoms with Gasteiger partial charge < -0.3 is 16.2 Å². The van der Waals surface area contributed by atoms with Gasteiger partial charge >= 0.3 is 5.97 Å². The summed E-state index contributed by atoms with van der Waals surface area (Å²) in [5.74, 6) is 0.182. The molecule has 0 aromatic heterocycles. The van der Waals surface area contributed by atoms with Crippen molar-refractivity contribution in [2.75, 3.05) is 6.54 Å². The molecule has 0 amide bonds. The number of rotatable bonds is 7. The van der Waals surface area contributed by atoms with E-state index in [4.69, 9.17) is 16.2 Å². The second-order valence-electron chi connectivity index (χ2n) is 5.15. The number of carbonyl (C=O) groups is 1. The molecule has 0 aliphatic heterocycles. The zero-order valence-corrected chi connectivity index (χ0v) is 12.8. The van der Waals surface area contributed by atoms with Gasteiger partial charge in [0, 0.05) is 13.0 Å². The summed E-state index contributed by atoms with van der Waals surface area (Å²) in [7, 11) is 0. The number of hydrogen-bond donors (Lipinski definition) is 2. The smallest absolute Gasteiger partial charge is 0.323 e. The third-order valence-electron chi connectivity index (χ3n) is 2.05.